The van der Waals surface area contributed by atoms with E-state index in [2.05, 4.69) is 22.3 Å². The fraction of sp³-hybridized carbons (Fsp3) is 0.286. The highest BCUT2D eigenvalue weighted by molar-refractivity contribution is 7.19. The molecule has 0 unspecified atom stereocenters. The molecule has 3 aromatic rings. The lowest BCUT2D eigenvalue weighted by Gasteiger charge is -1.97. The van der Waals surface area contributed by atoms with E-state index in [4.69, 9.17) is 23.2 Å². The van der Waals surface area contributed by atoms with Crippen LogP contribution in [0.1, 0.15) is 11.4 Å². The molecule has 0 aromatic carbocycles. The minimum atomic E-state index is 0.648. The van der Waals surface area contributed by atoms with Crippen LogP contribution in [0.25, 0.3) is 20.9 Å². The van der Waals surface area contributed by atoms with Gasteiger partial charge < -0.3 is 0 Å². The number of thiophene rings is 1. The van der Waals surface area contributed by atoms with E-state index in [1.165, 1.54) is 0 Å². The number of rotatable bonds is 2. The van der Waals surface area contributed by atoms with Crippen LogP contribution in [-0.4, -0.2) is 19.6 Å². The van der Waals surface area contributed by atoms with Gasteiger partial charge in [-0.2, -0.15) is 10.2 Å². The normalized spacial score (nSPS) is 11.3. The lowest BCUT2D eigenvalue weighted by atomic mass is 10.2. The summed E-state index contributed by atoms with van der Waals surface area (Å²) in [7, 11) is 3.69. The molecule has 0 atom stereocenters. The van der Waals surface area contributed by atoms with E-state index in [9.17, 15) is 0 Å². The predicted molar refractivity (Wildman–Crippen MR) is 88.2 cm³/mol. The van der Waals surface area contributed by atoms with Crippen molar-refractivity contribution in [3.63, 3.8) is 0 Å². The van der Waals surface area contributed by atoms with Gasteiger partial charge in [-0.25, -0.2) is 0 Å². The molecule has 21 heavy (non-hydrogen) atoms. The molecular formula is C14H14Cl2N4S. The molecule has 0 aliphatic carbocycles. The van der Waals surface area contributed by atoms with Crippen LogP contribution in [0.15, 0.2) is 12.1 Å². The van der Waals surface area contributed by atoms with Gasteiger partial charge in [-0.05, 0) is 26.0 Å². The summed E-state index contributed by atoms with van der Waals surface area (Å²) in [5.74, 6) is 0. The first kappa shape index (κ1) is 14.6. The van der Waals surface area contributed by atoms with Gasteiger partial charge in [0.1, 0.15) is 10.3 Å². The first-order chi connectivity index (χ1) is 9.90. The van der Waals surface area contributed by atoms with E-state index in [1.54, 1.807) is 20.7 Å². The summed E-state index contributed by atoms with van der Waals surface area (Å²) in [6, 6.07) is 4.11. The lowest BCUT2D eigenvalue weighted by molar-refractivity contribution is 0.757. The fourth-order valence-electron chi connectivity index (χ4n) is 2.43. The summed E-state index contributed by atoms with van der Waals surface area (Å²) >= 11 is 14.3. The van der Waals surface area contributed by atoms with Gasteiger partial charge in [0.05, 0.1) is 22.5 Å². The Bertz CT molecular complexity index is 762. The number of hydrogen-bond donors (Lipinski definition) is 0. The number of hydrogen-bond acceptors (Lipinski definition) is 3. The Morgan fingerprint density at radius 1 is 0.857 bits per heavy atom. The molecule has 3 heterocycles. The van der Waals surface area contributed by atoms with Crippen molar-refractivity contribution in [2.45, 2.75) is 13.8 Å². The van der Waals surface area contributed by atoms with Gasteiger partial charge in [0.15, 0.2) is 0 Å². The van der Waals surface area contributed by atoms with Gasteiger partial charge in [0.25, 0.3) is 0 Å². The van der Waals surface area contributed by atoms with Crippen LogP contribution in [0, 0.1) is 13.8 Å². The van der Waals surface area contributed by atoms with Crippen molar-refractivity contribution in [1.82, 2.24) is 19.6 Å². The van der Waals surface area contributed by atoms with Crippen molar-refractivity contribution in [1.29, 1.82) is 0 Å². The minimum Gasteiger partial charge on any atom is -0.256 e. The first-order valence-electron chi connectivity index (χ1n) is 6.39. The second kappa shape index (κ2) is 5.16. The number of nitrogens with zero attached hydrogens (tertiary/aromatic N) is 4. The molecule has 110 valence electrons. The maximum absolute atomic E-state index is 6.34. The van der Waals surface area contributed by atoms with Gasteiger partial charge in [0.2, 0.25) is 0 Å². The molecule has 7 heteroatoms. The third-order valence-electron chi connectivity index (χ3n) is 3.40. The quantitative estimate of drug-likeness (QED) is 0.689. The Hall–Kier alpha value is -1.30. The number of aromatic nitrogens is 4. The van der Waals surface area contributed by atoms with Crippen molar-refractivity contribution >= 4 is 34.5 Å². The second-order valence-corrected chi connectivity index (χ2v) is 6.71. The van der Waals surface area contributed by atoms with Crippen LogP contribution in [0.3, 0.4) is 0 Å². The molecule has 0 saturated carbocycles. The van der Waals surface area contributed by atoms with Crippen molar-refractivity contribution in [3.05, 3.63) is 33.8 Å². The van der Waals surface area contributed by atoms with Crippen LogP contribution in [0.5, 0.6) is 0 Å². The zero-order valence-corrected chi connectivity index (χ0v) is 14.4. The first-order valence-corrected chi connectivity index (χ1v) is 7.96. The van der Waals surface area contributed by atoms with E-state index in [0.29, 0.717) is 10.3 Å². The molecule has 3 aromatic heterocycles. The van der Waals surface area contributed by atoms with E-state index in [-0.39, 0.29) is 0 Å². The molecule has 3 rings (SSSR count). The van der Waals surface area contributed by atoms with E-state index < -0.39 is 0 Å². The standard InChI is InChI=1S/C14H14Cl2N4S/c1-7-11(13(15)19(3)17-7)9-5-6-10(21-9)12-8(2)18-20(4)14(12)16/h5-6H,1-4H3. The Labute approximate surface area is 136 Å². The predicted octanol–water partition coefficient (Wildman–Crippen LogP) is 4.47. The van der Waals surface area contributed by atoms with Crippen molar-refractivity contribution < 1.29 is 0 Å². The maximum Gasteiger partial charge on any atom is 0.135 e. The zero-order chi connectivity index (χ0) is 15.3. The highest BCUT2D eigenvalue weighted by Gasteiger charge is 2.19. The minimum absolute atomic E-state index is 0.648. The molecule has 0 radical (unpaired) electrons. The molecular weight excluding hydrogens is 327 g/mol. The summed E-state index contributed by atoms with van der Waals surface area (Å²) in [6.07, 6.45) is 0. The van der Waals surface area contributed by atoms with Crippen LogP contribution >= 0.6 is 34.5 Å². The lowest BCUT2D eigenvalue weighted by Crippen LogP contribution is -1.88. The van der Waals surface area contributed by atoms with Crippen LogP contribution in [0.4, 0.5) is 0 Å². The van der Waals surface area contributed by atoms with E-state index >= 15 is 0 Å². The number of halogens is 2. The smallest absolute Gasteiger partial charge is 0.135 e. The zero-order valence-electron chi connectivity index (χ0n) is 12.1. The molecule has 0 spiro atoms. The third-order valence-corrected chi connectivity index (χ3v) is 5.39. The number of aryl methyl sites for hydroxylation is 4. The summed E-state index contributed by atoms with van der Waals surface area (Å²) in [5, 5.41) is 10.0. The Kier molecular flexibility index (Phi) is 3.59. The summed E-state index contributed by atoms with van der Waals surface area (Å²) in [4.78, 5) is 2.17. The SMILES string of the molecule is Cc1nn(C)c(Cl)c1-c1ccc(-c2c(C)nn(C)c2Cl)s1. The molecule has 0 saturated heterocycles. The molecule has 0 N–H and O–H groups in total. The molecule has 4 nitrogen and oxygen atoms in total. The fourth-order valence-corrected chi connectivity index (χ4v) is 4.29. The Morgan fingerprint density at radius 2 is 1.24 bits per heavy atom. The summed E-state index contributed by atoms with van der Waals surface area (Å²) < 4.78 is 3.38. The van der Waals surface area contributed by atoms with Gasteiger partial charge in [0, 0.05) is 23.8 Å². The molecule has 0 aliphatic heterocycles. The Balaban J connectivity index is 2.12. The summed E-state index contributed by atoms with van der Waals surface area (Å²) in [5.41, 5.74) is 3.80. The van der Waals surface area contributed by atoms with Gasteiger partial charge in [-0.1, -0.05) is 23.2 Å². The van der Waals surface area contributed by atoms with E-state index in [0.717, 1.165) is 32.3 Å². The van der Waals surface area contributed by atoms with E-state index in [1.807, 2.05) is 27.9 Å². The molecule has 0 amide bonds. The molecule has 0 fully saturated rings. The van der Waals surface area contributed by atoms with Crippen molar-refractivity contribution in [3.8, 4) is 20.9 Å². The van der Waals surface area contributed by atoms with Crippen molar-refractivity contribution in [2.75, 3.05) is 0 Å². The average Bonchev–Trinajstić information content (AvgIpc) is 3.02. The maximum atomic E-state index is 6.34. The molecule has 0 bridgehead atoms. The summed E-state index contributed by atoms with van der Waals surface area (Å²) in [6.45, 7) is 3.92. The third kappa shape index (κ3) is 2.29. The highest BCUT2D eigenvalue weighted by Crippen LogP contribution is 2.41. The molecule has 0 aliphatic rings. The van der Waals surface area contributed by atoms with Gasteiger partial charge >= 0.3 is 0 Å². The second-order valence-electron chi connectivity index (χ2n) is 4.91. The van der Waals surface area contributed by atoms with Crippen LogP contribution < -0.4 is 0 Å². The van der Waals surface area contributed by atoms with Crippen LogP contribution in [-0.2, 0) is 14.1 Å². The van der Waals surface area contributed by atoms with Gasteiger partial charge in [-0.3, -0.25) is 9.36 Å². The Morgan fingerprint density at radius 3 is 1.52 bits per heavy atom. The largest absolute Gasteiger partial charge is 0.256 e. The highest BCUT2D eigenvalue weighted by atomic mass is 35.5. The average molecular weight is 341 g/mol. The monoisotopic (exact) mass is 340 g/mol. The topological polar surface area (TPSA) is 35.6 Å². The van der Waals surface area contributed by atoms with Crippen molar-refractivity contribution in [2.24, 2.45) is 14.1 Å². The van der Waals surface area contributed by atoms with Crippen LogP contribution in [0.2, 0.25) is 10.3 Å². The van der Waals surface area contributed by atoms with Gasteiger partial charge in [-0.15, -0.1) is 11.3 Å².